The number of likely N-dealkylation sites (N-methyl/N-ethyl adjacent to an activating group) is 1. The molecular formula is C25H27N7O2S. The van der Waals surface area contributed by atoms with Gasteiger partial charge in [-0.15, -0.1) is 11.3 Å². The van der Waals surface area contributed by atoms with Crippen molar-refractivity contribution >= 4 is 49.3 Å². The fourth-order valence-electron chi connectivity index (χ4n) is 6.00. The number of para-hydroxylation sites is 1. The molecule has 2 unspecified atom stereocenters. The topological polar surface area (TPSA) is 94.9 Å². The van der Waals surface area contributed by atoms with E-state index in [-0.39, 0.29) is 22.9 Å². The van der Waals surface area contributed by atoms with Gasteiger partial charge in [-0.1, -0.05) is 12.1 Å². The van der Waals surface area contributed by atoms with Crippen LogP contribution in [0, 0.1) is 0 Å². The molecule has 2 atom stereocenters. The van der Waals surface area contributed by atoms with Crippen molar-refractivity contribution < 1.29 is 4.79 Å². The van der Waals surface area contributed by atoms with E-state index in [4.69, 9.17) is 4.98 Å². The Kier molecular flexibility index (Phi) is 4.83. The molecule has 2 N–H and O–H groups in total. The van der Waals surface area contributed by atoms with Gasteiger partial charge in [-0.3, -0.25) is 18.9 Å². The van der Waals surface area contributed by atoms with Gasteiger partial charge >= 0.3 is 0 Å². The highest BCUT2D eigenvalue weighted by Crippen LogP contribution is 2.36. The second-order valence-corrected chi connectivity index (χ2v) is 10.9. The quantitative estimate of drug-likeness (QED) is 0.456. The van der Waals surface area contributed by atoms with Gasteiger partial charge in [0.15, 0.2) is 5.65 Å². The van der Waals surface area contributed by atoms with Crippen molar-refractivity contribution in [2.24, 2.45) is 0 Å². The molecule has 4 aromatic rings. The van der Waals surface area contributed by atoms with E-state index in [2.05, 4.69) is 32.5 Å². The van der Waals surface area contributed by atoms with Crippen molar-refractivity contribution in [3.05, 3.63) is 46.2 Å². The van der Waals surface area contributed by atoms with E-state index in [9.17, 15) is 9.59 Å². The molecule has 2 bridgehead atoms. The lowest BCUT2D eigenvalue weighted by molar-refractivity contribution is 0.0930. The van der Waals surface area contributed by atoms with Crippen LogP contribution in [0.3, 0.4) is 0 Å². The molecule has 6 heterocycles. The molecule has 3 aromatic heterocycles. The maximum Gasteiger partial charge on any atom is 0.258 e. The highest BCUT2D eigenvalue weighted by molar-refractivity contribution is 7.24. The van der Waals surface area contributed by atoms with Gasteiger partial charge in [0.1, 0.15) is 10.4 Å². The summed E-state index contributed by atoms with van der Waals surface area (Å²) >= 11 is 1.47. The zero-order chi connectivity index (χ0) is 23.7. The van der Waals surface area contributed by atoms with Crippen LogP contribution < -0.4 is 21.0 Å². The summed E-state index contributed by atoms with van der Waals surface area (Å²) in [5.74, 6) is 0.336. The largest absolute Gasteiger partial charge is 0.349 e. The van der Waals surface area contributed by atoms with Crippen LogP contribution in [-0.2, 0) is 0 Å². The molecule has 3 aliphatic heterocycles. The fourth-order valence-corrected chi connectivity index (χ4v) is 7.18. The number of pyridine rings is 1. The summed E-state index contributed by atoms with van der Waals surface area (Å²) in [7, 11) is 2.16. The van der Waals surface area contributed by atoms with Crippen molar-refractivity contribution in [3.63, 3.8) is 0 Å². The summed E-state index contributed by atoms with van der Waals surface area (Å²) in [6, 6.07) is 8.58. The van der Waals surface area contributed by atoms with E-state index in [0.717, 1.165) is 49.1 Å². The van der Waals surface area contributed by atoms with Crippen molar-refractivity contribution in [1.29, 1.82) is 0 Å². The van der Waals surface area contributed by atoms with Crippen LogP contribution >= 0.6 is 11.3 Å². The van der Waals surface area contributed by atoms with Crippen LogP contribution in [0.2, 0.25) is 0 Å². The lowest BCUT2D eigenvalue weighted by Gasteiger charge is -2.26. The number of nitrogens with zero attached hydrogens (tertiary/aromatic N) is 5. The molecule has 3 aliphatic rings. The Morgan fingerprint density at radius 3 is 2.77 bits per heavy atom. The van der Waals surface area contributed by atoms with Gasteiger partial charge in [0.2, 0.25) is 11.4 Å². The minimum atomic E-state index is -0.310. The predicted molar refractivity (Wildman–Crippen MR) is 137 cm³/mol. The zero-order valence-electron chi connectivity index (χ0n) is 19.5. The summed E-state index contributed by atoms with van der Waals surface area (Å²) in [6.07, 6.45) is 5.91. The Hall–Kier alpha value is -3.08. The van der Waals surface area contributed by atoms with Gasteiger partial charge in [0.25, 0.3) is 5.91 Å². The van der Waals surface area contributed by atoms with E-state index < -0.39 is 0 Å². The van der Waals surface area contributed by atoms with Crippen LogP contribution in [-0.4, -0.2) is 70.1 Å². The number of carbonyl (C=O) groups is 1. The first-order valence-corrected chi connectivity index (χ1v) is 13.1. The van der Waals surface area contributed by atoms with Gasteiger partial charge in [-0.05, 0) is 58.0 Å². The zero-order valence-corrected chi connectivity index (χ0v) is 20.3. The maximum absolute atomic E-state index is 13.7. The molecule has 0 aliphatic carbocycles. The first-order valence-electron chi connectivity index (χ1n) is 12.3. The number of piperidine rings is 2. The third-order valence-electron chi connectivity index (χ3n) is 7.90. The molecule has 180 valence electrons. The van der Waals surface area contributed by atoms with Gasteiger partial charge in [-0.25, -0.2) is 4.98 Å². The van der Waals surface area contributed by atoms with E-state index in [1.165, 1.54) is 17.8 Å². The van der Waals surface area contributed by atoms with Crippen LogP contribution in [0.5, 0.6) is 0 Å². The third-order valence-corrected chi connectivity index (χ3v) is 9.04. The molecule has 35 heavy (non-hydrogen) atoms. The number of nitrogens with one attached hydrogen (secondary N) is 2. The van der Waals surface area contributed by atoms with Crippen molar-refractivity contribution in [2.45, 2.75) is 43.9 Å². The molecule has 10 heteroatoms. The number of anilines is 1. The molecule has 3 fully saturated rings. The van der Waals surface area contributed by atoms with Crippen LogP contribution in [0.15, 0.2) is 35.3 Å². The summed E-state index contributed by atoms with van der Waals surface area (Å²) in [5.41, 5.74) is 1.40. The SMILES string of the molecule is CN1C2CCC1N(c1ncc3c(=O)c(C(=O)NC4CCNCC4)c4sc5ccccc5n4c3n1)C2. The number of thiazole rings is 1. The molecule has 1 amide bonds. The lowest BCUT2D eigenvalue weighted by atomic mass is 10.1. The Labute approximate surface area is 205 Å². The minimum Gasteiger partial charge on any atom is -0.349 e. The molecule has 0 saturated carbocycles. The second-order valence-electron chi connectivity index (χ2n) is 9.85. The predicted octanol–water partition coefficient (Wildman–Crippen LogP) is 2.18. The number of fused-ring (bicyclic) bond motifs is 7. The van der Waals surface area contributed by atoms with Crippen molar-refractivity contribution in [2.75, 3.05) is 31.6 Å². The lowest BCUT2D eigenvalue weighted by Crippen LogP contribution is -2.44. The highest BCUT2D eigenvalue weighted by atomic mass is 32.1. The number of hydrogen-bond donors (Lipinski definition) is 2. The monoisotopic (exact) mass is 489 g/mol. The van der Waals surface area contributed by atoms with E-state index in [1.54, 1.807) is 6.20 Å². The smallest absolute Gasteiger partial charge is 0.258 e. The molecule has 0 spiro atoms. The highest BCUT2D eigenvalue weighted by Gasteiger charge is 2.43. The van der Waals surface area contributed by atoms with Gasteiger partial charge in [0, 0.05) is 24.8 Å². The fraction of sp³-hybridized carbons (Fsp3) is 0.440. The molecule has 3 saturated heterocycles. The van der Waals surface area contributed by atoms with Gasteiger partial charge < -0.3 is 15.5 Å². The van der Waals surface area contributed by atoms with Crippen LogP contribution in [0.4, 0.5) is 5.95 Å². The average Bonchev–Trinajstić information content (AvgIpc) is 3.54. The van der Waals surface area contributed by atoms with Crippen LogP contribution in [0.25, 0.3) is 26.1 Å². The normalized spacial score (nSPS) is 23.2. The summed E-state index contributed by atoms with van der Waals surface area (Å²) < 4.78 is 2.99. The summed E-state index contributed by atoms with van der Waals surface area (Å²) in [5, 5.41) is 6.81. The van der Waals surface area contributed by atoms with Crippen molar-refractivity contribution in [1.82, 2.24) is 29.9 Å². The molecule has 9 nitrogen and oxygen atoms in total. The molecule has 0 radical (unpaired) electrons. The second kappa shape index (κ2) is 7.97. The van der Waals surface area contributed by atoms with Crippen molar-refractivity contribution in [3.8, 4) is 0 Å². The number of hydrogen-bond acceptors (Lipinski definition) is 8. The van der Waals surface area contributed by atoms with E-state index in [0.29, 0.717) is 34.0 Å². The molecule has 1 aromatic carbocycles. The maximum atomic E-state index is 13.7. The Balaban J connectivity index is 1.43. The standard InChI is InChI=1S/C25H27N7O2S/c1-30-15-6-7-19(30)31(13-15)25-27-12-16-21(33)20(23(34)28-14-8-10-26-11-9-14)24-32(22(16)29-25)17-4-2-3-5-18(17)35-24/h2-5,12,14-15,19,26H,6-11,13H2,1H3,(H,28,34). The first-order chi connectivity index (χ1) is 17.1. The minimum absolute atomic E-state index is 0.0643. The Bertz CT molecular complexity index is 1540. The first kappa shape index (κ1) is 21.2. The van der Waals surface area contributed by atoms with E-state index in [1.807, 2.05) is 28.7 Å². The Morgan fingerprint density at radius 2 is 2.00 bits per heavy atom. The summed E-state index contributed by atoms with van der Waals surface area (Å²) in [4.78, 5) is 42.1. The number of carbonyl (C=O) groups excluding carboxylic acids is 1. The Morgan fingerprint density at radius 1 is 1.17 bits per heavy atom. The molecular weight excluding hydrogens is 462 g/mol. The van der Waals surface area contributed by atoms with Gasteiger partial charge in [-0.2, -0.15) is 4.98 Å². The summed E-state index contributed by atoms with van der Waals surface area (Å²) in [6.45, 7) is 2.63. The number of amides is 1. The average molecular weight is 490 g/mol. The van der Waals surface area contributed by atoms with Gasteiger partial charge in [0.05, 0.1) is 21.8 Å². The molecule has 7 rings (SSSR count). The van der Waals surface area contributed by atoms with Crippen LogP contribution in [0.1, 0.15) is 36.0 Å². The number of rotatable bonds is 3. The number of aromatic nitrogens is 3. The number of benzene rings is 1. The third kappa shape index (κ3) is 3.20. The van der Waals surface area contributed by atoms with E-state index >= 15 is 0 Å².